The van der Waals surface area contributed by atoms with Crippen molar-refractivity contribution < 1.29 is 23.7 Å². The number of rotatable bonds is 10. The van der Waals surface area contributed by atoms with Gasteiger partial charge >= 0.3 is 0 Å². The maximum absolute atomic E-state index is 13.4. The molecule has 0 bridgehead atoms. The molecule has 1 heterocycles. The average Bonchev–Trinajstić information content (AvgIpc) is 2.81. The van der Waals surface area contributed by atoms with Crippen LogP contribution < -0.4 is 18.9 Å². The Morgan fingerprint density at radius 2 is 1.47 bits per heavy atom. The minimum absolute atomic E-state index is 0.0879. The number of benzene rings is 2. The second-order valence-electron chi connectivity index (χ2n) is 7.62. The van der Waals surface area contributed by atoms with Gasteiger partial charge in [0.25, 0.3) is 0 Å². The Bertz CT molecular complexity index is 1120. The Morgan fingerprint density at radius 3 is 2.09 bits per heavy atom. The first-order valence-corrected chi connectivity index (χ1v) is 10.8. The van der Waals surface area contributed by atoms with Gasteiger partial charge in [-0.25, -0.2) is 0 Å². The van der Waals surface area contributed by atoms with Gasteiger partial charge in [0, 0.05) is 34.7 Å². The van der Waals surface area contributed by atoms with E-state index in [1.807, 2.05) is 37.3 Å². The highest BCUT2D eigenvalue weighted by atomic mass is 16.5. The molecule has 170 valence electrons. The van der Waals surface area contributed by atoms with E-state index in [0.29, 0.717) is 40.7 Å². The van der Waals surface area contributed by atoms with Crippen LogP contribution in [0.2, 0.25) is 0 Å². The van der Waals surface area contributed by atoms with E-state index in [1.54, 1.807) is 28.4 Å². The lowest BCUT2D eigenvalue weighted by Crippen LogP contribution is -2.08. The van der Waals surface area contributed by atoms with Gasteiger partial charge in [0.15, 0.2) is 28.8 Å². The Balaban J connectivity index is 2.34. The van der Waals surface area contributed by atoms with E-state index in [1.165, 1.54) is 0 Å². The van der Waals surface area contributed by atoms with Crippen LogP contribution in [0, 0.1) is 6.92 Å². The number of ketones is 1. The second kappa shape index (κ2) is 10.4. The van der Waals surface area contributed by atoms with Crippen LogP contribution in [0.3, 0.4) is 0 Å². The number of Topliss-reactive ketones (excluding diaryl/α,β-unsaturated/α-hetero) is 1. The fourth-order valence-corrected chi connectivity index (χ4v) is 4.01. The molecular formula is C26H31NO5. The predicted molar refractivity (Wildman–Crippen MR) is 127 cm³/mol. The molecule has 3 aromatic rings. The van der Waals surface area contributed by atoms with Crippen LogP contribution in [0.4, 0.5) is 0 Å². The number of hydrogen-bond donors (Lipinski definition) is 0. The lowest BCUT2D eigenvalue weighted by Gasteiger charge is -2.18. The summed E-state index contributed by atoms with van der Waals surface area (Å²) in [4.78, 5) is 18.1. The quantitative estimate of drug-likeness (QED) is 0.286. The molecule has 0 N–H and O–H groups in total. The molecule has 0 radical (unpaired) electrons. The summed E-state index contributed by atoms with van der Waals surface area (Å²) in [6, 6.07) is 9.41. The maximum atomic E-state index is 13.4. The van der Waals surface area contributed by atoms with Gasteiger partial charge in [0.05, 0.1) is 34.0 Å². The molecule has 32 heavy (non-hydrogen) atoms. The van der Waals surface area contributed by atoms with Gasteiger partial charge in [-0.1, -0.05) is 25.8 Å². The summed E-state index contributed by atoms with van der Waals surface area (Å²) in [6.07, 6.45) is 3.41. The molecule has 0 saturated heterocycles. The number of fused-ring (bicyclic) bond motifs is 1. The number of hydrogen-bond acceptors (Lipinski definition) is 6. The van der Waals surface area contributed by atoms with Crippen molar-refractivity contribution in [2.45, 2.75) is 39.5 Å². The summed E-state index contributed by atoms with van der Waals surface area (Å²) in [5.74, 6) is 2.48. The van der Waals surface area contributed by atoms with Crippen molar-refractivity contribution in [2.24, 2.45) is 0 Å². The van der Waals surface area contributed by atoms with Crippen LogP contribution in [0.25, 0.3) is 22.0 Å². The van der Waals surface area contributed by atoms with Gasteiger partial charge in [-0.2, -0.15) is 0 Å². The van der Waals surface area contributed by atoms with E-state index in [2.05, 4.69) is 6.92 Å². The first-order chi connectivity index (χ1) is 15.5. The standard InChI is InChI=1S/C26H31NO5/c1-7-8-9-10-20(28)25-16(2)27-19-15-24(32-6)23(31-5)14-18(19)26(25)17-11-12-21(29-3)22(13-17)30-4/h11-15H,7-10H2,1-6H3. The highest BCUT2D eigenvalue weighted by Gasteiger charge is 2.22. The number of pyridine rings is 1. The number of nitrogens with zero attached hydrogens (tertiary/aromatic N) is 1. The van der Waals surface area contributed by atoms with E-state index in [9.17, 15) is 4.79 Å². The molecule has 0 aliphatic carbocycles. The van der Waals surface area contributed by atoms with Gasteiger partial charge in [-0.05, 0) is 37.1 Å². The molecule has 0 aliphatic heterocycles. The van der Waals surface area contributed by atoms with Crippen molar-refractivity contribution in [3.63, 3.8) is 0 Å². The monoisotopic (exact) mass is 437 g/mol. The third-order valence-corrected chi connectivity index (χ3v) is 5.63. The molecule has 0 spiro atoms. The summed E-state index contributed by atoms with van der Waals surface area (Å²) in [7, 11) is 6.39. The predicted octanol–water partition coefficient (Wildman–Crippen LogP) is 6.01. The zero-order valence-electron chi connectivity index (χ0n) is 19.7. The van der Waals surface area contributed by atoms with Crippen LogP contribution in [-0.4, -0.2) is 39.2 Å². The highest BCUT2D eigenvalue weighted by Crippen LogP contribution is 2.41. The first kappa shape index (κ1) is 23.4. The molecule has 0 saturated carbocycles. The van der Waals surface area contributed by atoms with Crippen LogP contribution in [0.15, 0.2) is 30.3 Å². The summed E-state index contributed by atoms with van der Waals surface area (Å²) >= 11 is 0. The minimum atomic E-state index is 0.0879. The molecule has 1 aromatic heterocycles. The molecule has 0 amide bonds. The minimum Gasteiger partial charge on any atom is -0.493 e. The SMILES string of the molecule is CCCCCC(=O)c1c(C)nc2cc(OC)c(OC)cc2c1-c1ccc(OC)c(OC)c1. The van der Waals surface area contributed by atoms with Gasteiger partial charge in [-0.3, -0.25) is 9.78 Å². The number of methoxy groups -OCH3 is 4. The van der Waals surface area contributed by atoms with Crippen molar-refractivity contribution in [1.82, 2.24) is 4.98 Å². The number of aromatic nitrogens is 1. The van der Waals surface area contributed by atoms with Crippen molar-refractivity contribution >= 4 is 16.7 Å². The van der Waals surface area contributed by atoms with E-state index in [4.69, 9.17) is 23.9 Å². The van der Waals surface area contributed by atoms with E-state index in [-0.39, 0.29) is 5.78 Å². The lowest BCUT2D eigenvalue weighted by atomic mass is 9.90. The molecule has 0 aliphatic rings. The number of carbonyl (C=O) groups excluding carboxylic acids is 1. The molecule has 2 aromatic carbocycles. The molecule has 0 unspecified atom stereocenters. The summed E-state index contributed by atoms with van der Waals surface area (Å²) in [5.41, 5.74) is 3.72. The van der Waals surface area contributed by atoms with Crippen molar-refractivity contribution in [3.05, 3.63) is 41.6 Å². The maximum Gasteiger partial charge on any atom is 0.165 e. The Labute approximate surface area is 189 Å². The number of carbonyl (C=O) groups is 1. The molecule has 6 nitrogen and oxygen atoms in total. The third-order valence-electron chi connectivity index (χ3n) is 5.63. The molecular weight excluding hydrogens is 406 g/mol. The van der Waals surface area contributed by atoms with E-state index >= 15 is 0 Å². The Kier molecular flexibility index (Phi) is 7.57. The van der Waals surface area contributed by atoms with Crippen LogP contribution in [-0.2, 0) is 0 Å². The van der Waals surface area contributed by atoms with E-state index in [0.717, 1.165) is 41.3 Å². The summed E-state index contributed by atoms with van der Waals surface area (Å²) in [6.45, 7) is 4.01. The second-order valence-corrected chi connectivity index (χ2v) is 7.62. The average molecular weight is 438 g/mol. The Morgan fingerprint density at radius 1 is 0.844 bits per heavy atom. The van der Waals surface area contributed by atoms with E-state index < -0.39 is 0 Å². The van der Waals surface area contributed by atoms with Gasteiger partial charge in [-0.15, -0.1) is 0 Å². The number of aryl methyl sites for hydroxylation is 1. The summed E-state index contributed by atoms with van der Waals surface area (Å²) < 4.78 is 22.0. The molecule has 0 atom stereocenters. The van der Waals surface area contributed by atoms with Crippen molar-refractivity contribution in [3.8, 4) is 34.1 Å². The third kappa shape index (κ3) is 4.49. The van der Waals surface area contributed by atoms with Crippen LogP contribution >= 0.6 is 0 Å². The smallest absolute Gasteiger partial charge is 0.165 e. The topological polar surface area (TPSA) is 66.9 Å². The van der Waals surface area contributed by atoms with Crippen molar-refractivity contribution in [2.75, 3.05) is 28.4 Å². The van der Waals surface area contributed by atoms with Gasteiger partial charge in [0.2, 0.25) is 0 Å². The zero-order chi connectivity index (χ0) is 23.3. The van der Waals surface area contributed by atoms with Crippen LogP contribution in [0.5, 0.6) is 23.0 Å². The lowest BCUT2D eigenvalue weighted by molar-refractivity contribution is 0.0979. The van der Waals surface area contributed by atoms with Crippen molar-refractivity contribution in [1.29, 1.82) is 0 Å². The Hall–Kier alpha value is -3.28. The normalized spacial score (nSPS) is 10.8. The molecule has 0 fully saturated rings. The zero-order valence-corrected chi connectivity index (χ0v) is 19.7. The van der Waals surface area contributed by atoms with Crippen LogP contribution in [0.1, 0.15) is 48.7 Å². The number of ether oxygens (including phenoxy) is 4. The van der Waals surface area contributed by atoms with Gasteiger partial charge < -0.3 is 18.9 Å². The molecule has 6 heteroatoms. The fraction of sp³-hybridized carbons (Fsp3) is 0.385. The highest BCUT2D eigenvalue weighted by molar-refractivity contribution is 6.11. The molecule has 3 rings (SSSR count). The summed E-state index contributed by atoms with van der Waals surface area (Å²) in [5, 5.41) is 0.819. The number of unbranched alkanes of at least 4 members (excludes halogenated alkanes) is 2. The van der Waals surface area contributed by atoms with Gasteiger partial charge in [0.1, 0.15) is 0 Å². The fourth-order valence-electron chi connectivity index (χ4n) is 4.01. The first-order valence-electron chi connectivity index (χ1n) is 10.8. The largest absolute Gasteiger partial charge is 0.493 e.